The standard InChI is InChI=1S/C19H19FN6O/c1-10-4-15(20)16(21)6-13(10)14-5-11-7-23-19(24-12-8-27-9-12)25-17(11)26-3-2-22-18(14)26/h4-7,12H,2-3,8-9,21H2,1H3,(H,23,24,25). The van der Waals surface area contributed by atoms with Crippen molar-refractivity contribution in [2.75, 3.05) is 42.3 Å². The highest BCUT2D eigenvalue weighted by molar-refractivity contribution is 6.36. The van der Waals surface area contributed by atoms with Crippen LogP contribution in [0.15, 0.2) is 23.3 Å². The van der Waals surface area contributed by atoms with Crippen LogP contribution in [0.25, 0.3) is 11.6 Å². The maximum atomic E-state index is 13.8. The summed E-state index contributed by atoms with van der Waals surface area (Å²) in [5.74, 6) is 1.86. The molecule has 0 amide bonds. The Morgan fingerprint density at radius 2 is 2.19 bits per heavy atom. The molecule has 2 aromatic rings. The fraction of sp³-hybridized carbons (Fsp3) is 0.316. The Labute approximate surface area is 155 Å². The molecule has 0 saturated carbocycles. The Balaban J connectivity index is 1.59. The van der Waals surface area contributed by atoms with Crippen LogP contribution >= 0.6 is 0 Å². The summed E-state index contributed by atoms with van der Waals surface area (Å²) in [6, 6.07) is 3.40. The van der Waals surface area contributed by atoms with Gasteiger partial charge in [0.05, 0.1) is 31.5 Å². The topological polar surface area (TPSA) is 88.7 Å². The molecule has 1 saturated heterocycles. The van der Waals surface area contributed by atoms with Crippen molar-refractivity contribution in [2.24, 2.45) is 4.99 Å². The van der Waals surface area contributed by atoms with Gasteiger partial charge in [0.2, 0.25) is 5.95 Å². The first-order valence-corrected chi connectivity index (χ1v) is 8.91. The lowest BCUT2D eigenvalue weighted by Crippen LogP contribution is -2.41. The molecule has 8 heteroatoms. The van der Waals surface area contributed by atoms with Crippen LogP contribution in [0.4, 0.5) is 21.8 Å². The lowest BCUT2D eigenvalue weighted by atomic mass is 9.94. The quantitative estimate of drug-likeness (QED) is 0.809. The van der Waals surface area contributed by atoms with Gasteiger partial charge in [0, 0.05) is 23.9 Å². The van der Waals surface area contributed by atoms with Crippen molar-refractivity contribution in [1.82, 2.24) is 9.97 Å². The number of benzene rings is 1. The Bertz CT molecular complexity index is 998. The zero-order valence-corrected chi connectivity index (χ0v) is 14.9. The highest BCUT2D eigenvalue weighted by Crippen LogP contribution is 2.37. The number of ether oxygens (including phenoxy) is 1. The third-order valence-corrected chi connectivity index (χ3v) is 5.04. The van der Waals surface area contributed by atoms with Gasteiger partial charge >= 0.3 is 0 Å². The smallest absolute Gasteiger partial charge is 0.225 e. The molecule has 0 atom stereocenters. The van der Waals surface area contributed by atoms with E-state index in [1.165, 1.54) is 6.07 Å². The van der Waals surface area contributed by atoms with E-state index in [0.717, 1.165) is 40.5 Å². The third-order valence-electron chi connectivity index (χ3n) is 5.04. The molecule has 3 N–H and O–H groups in total. The second kappa shape index (κ2) is 6.02. The van der Waals surface area contributed by atoms with Gasteiger partial charge in [-0.15, -0.1) is 0 Å². The molecular formula is C19H19FN6O. The zero-order chi connectivity index (χ0) is 18.5. The first kappa shape index (κ1) is 16.2. The van der Waals surface area contributed by atoms with E-state index in [9.17, 15) is 4.39 Å². The number of halogens is 1. The fourth-order valence-electron chi connectivity index (χ4n) is 3.55. The van der Waals surface area contributed by atoms with Crippen LogP contribution in [0.2, 0.25) is 0 Å². The van der Waals surface area contributed by atoms with Gasteiger partial charge in [0.1, 0.15) is 17.5 Å². The fourth-order valence-corrected chi connectivity index (χ4v) is 3.55. The molecule has 0 aliphatic carbocycles. The average Bonchev–Trinajstić information content (AvgIpc) is 3.11. The van der Waals surface area contributed by atoms with Crippen LogP contribution in [0.1, 0.15) is 16.7 Å². The summed E-state index contributed by atoms with van der Waals surface area (Å²) >= 11 is 0. The van der Waals surface area contributed by atoms with Crippen molar-refractivity contribution >= 4 is 34.9 Å². The van der Waals surface area contributed by atoms with E-state index in [1.54, 1.807) is 6.07 Å². The number of hydrogen-bond donors (Lipinski definition) is 2. The van der Waals surface area contributed by atoms with Crippen molar-refractivity contribution < 1.29 is 9.13 Å². The number of fused-ring (bicyclic) bond motifs is 3. The minimum absolute atomic E-state index is 0.131. The van der Waals surface area contributed by atoms with E-state index in [-0.39, 0.29) is 11.7 Å². The van der Waals surface area contributed by atoms with Crippen molar-refractivity contribution in [3.8, 4) is 0 Å². The number of amidine groups is 1. The Morgan fingerprint density at radius 1 is 1.33 bits per heavy atom. The van der Waals surface area contributed by atoms with Crippen LogP contribution in [0.3, 0.4) is 0 Å². The third kappa shape index (κ3) is 2.64. The van der Waals surface area contributed by atoms with Gasteiger partial charge in [-0.25, -0.2) is 9.37 Å². The highest BCUT2D eigenvalue weighted by atomic mass is 19.1. The predicted octanol–water partition coefficient (Wildman–Crippen LogP) is 2.09. The van der Waals surface area contributed by atoms with Crippen LogP contribution in [0, 0.1) is 12.7 Å². The minimum Gasteiger partial charge on any atom is -0.396 e. The summed E-state index contributed by atoms with van der Waals surface area (Å²) < 4.78 is 19.0. The number of nitrogens with zero attached hydrogens (tertiary/aromatic N) is 4. The SMILES string of the molecule is Cc1cc(F)c(N)cc1C1=Cc2cnc(NC3COC3)nc2N2CCN=C12. The number of nitrogens with one attached hydrogen (secondary N) is 1. The van der Waals surface area contributed by atoms with Crippen molar-refractivity contribution in [2.45, 2.75) is 13.0 Å². The minimum atomic E-state index is -0.405. The Hall–Kier alpha value is -3.00. The van der Waals surface area contributed by atoms with Crippen molar-refractivity contribution in [3.05, 3.63) is 40.8 Å². The number of anilines is 3. The summed E-state index contributed by atoms with van der Waals surface area (Å²) in [6.45, 7) is 4.65. The highest BCUT2D eigenvalue weighted by Gasteiger charge is 2.31. The van der Waals surface area contributed by atoms with Gasteiger partial charge in [-0.2, -0.15) is 4.98 Å². The maximum absolute atomic E-state index is 13.8. The number of hydrogen-bond acceptors (Lipinski definition) is 7. The maximum Gasteiger partial charge on any atom is 0.225 e. The predicted molar refractivity (Wildman–Crippen MR) is 103 cm³/mol. The molecule has 1 aromatic carbocycles. The number of aliphatic imine (C=N–C) groups is 1. The molecule has 3 aliphatic heterocycles. The van der Waals surface area contributed by atoms with Gasteiger partial charge in [0.25, 0.3) is 0 Å². The molecule has 0 unspecified atom stereocenters. The number of aryl methyl sites for hydroxylation is 1. The van der Waals surface area contributed by atoms with Crippen LogP contribution in [0.5, 0.6) is 0 Å². The first-order chi connectivity index (χ1) is 13.1. The molecule has 0 spiro atoms. The first-order valence-electron chi connectivity index (χ1n) is 8.91. The molecule has 27 heavy (non-hydrogen) atoms. The van der Waals surface area contributed by atoms with Crippen molar-refractivity contribution in [3.63, 3.8) is 0 Å². The van der Waals surface area contributed by atoms with Gasteiger partial charge < -0.3 is 20.7 Å². The van der Waals surface area contributed by atoms with Crippen LogP contribution in [-0.4, -0.2) is 48.1 Å². The van der Waals surface area contributed by atoms with Crippen LogP contribution in [-0.2, 0) is 4.74 Å². The number of nitrogen functional groups attached to an aromatic ring is 1. The van der Waals surface area contributed by atoms with E-state index in [0.29, 0.717) is 25.7 Å². The number of nitrogens with two attached hydrogens (primary N) is 1. The lowest BCUT2D eigenvalue weighted by molar-refractivity contribution is 0.0208. The summed E-state index contributed by atoms with van der Waals surface area (Å²) in [7, 11) is 0. The number of aromatic nitrogens is 2. The van der Waals surface area contributed by atoms with E-state index in [1.807, 2.05) is 19.2 Å². The molecule has 1 aromatic heterocycles. The second-order valence-corrected chi connectivity index (χ2v) is 6.95. The molecule has 0 bridgehead atoms. The molecule has 5 rings (SSSR count). The molecule has 7 nitrogen and oxygen atoms in total. The molecule has 0 radical (unpaired) electrons. The monoisotopic (exact) mass is 366 g/mol. The van der Waals surface area contributed by atoms with Crippen LogP contribution < -0.4 is 16.0 Å². The van der Waals surface area contributed by atoms with Gasteiger partial charge in [-0.05, 0) is 36.3 Å². The van der Waals surface area contributed by atoms with Gasteiger partial charge in [-0.1, -0.05) is 0 Å². The largest absolute Gasteiger partial charge is 0.396 e. The zero-order valence-electron chi connectivity index (χ0n) is 14.9. The van der Waals surface area contributed by atoms with Crippen molar-refractivity contribution in [1.29, 1.82) is 0 Å². The van der Waals surface area contributed by atoms with E-state index >= 15 is 0 Å². The van der Waals surface area contributed by atoms with E-state index in [2.05, 4.69) is 20.2 Å². The Morgan fingerprint density at radius 3 is 2.96 bits per heavy atom. The summed E-state index contributed by atoms with van der Waals surface area (Å²) in [6.07, 6.45) is 3.81. The van der Waals surface area contributed by atoms with E-state index in [4.69, 9.17) is 15.5 Å². The lowest BCUT2D eigenvalue weighted by Gasteiger charge is -2.30. The number of rotatable bonds is 3. The normalized spacial score (nSPS) is 18.4. The summed E-state index contributed by atoms with van der Waals surface area (Å²) in [4.78, 5) is 15.9. The van der Waals surface area contributed by atoms with Gasteiger partial charge in [-0.3, -0.25) is 4.99 Å². The van der Waals surface area contributed by atoms with Gasteiger partial charge in [0.15, 0.2) is 0 Å². The summed E-state index contributed by atoms with van der Waals surface area (Å²) in [5, 5.41) is 3.28. The molecular weight excluding hydrogens is 347 g/mol. The molecule has 138 valence electrons. The summed E-state index contributed by atoms with van der Waals surface area (Å²) in [5.41, 5.74) is 9.46. The average molecular weight is 366 g/mol. The molecule has 4 heterocycles. The van der Waals surface area contributed by atoms with E-state index < -0.39 is 5.82 Å². The molecule has 1 fully saturated rings. The molecule has 3 aliphatic rings. The Kier molecular flexibility index (Phi) is 3.61. The second-order valence-electron chi connectivity index (χ2n) is 6.95.